The molecule has 0 saturated heterocycles. The van der Waals surface area contributed by atoms with Gasteiger partial charge in [0.15, 0.2) is 0 Å². The molecular formula is C24H32N4O7S. The lowest BCUT2D eigenvalue weighted by molar-refractivity contribution is -0.384. The Labute approximate surface area is 211 Å². The van der Waals surface area contributed by atoms with Crippen LogP contribution < -0.4 is 14.4 Å². The SMILES string of the molecule is CC[C@@H](C(=O)NC(C)C)N(Cc1ccccc1)C(=O)CN(c1cc([N+](=O)[O-])ccc1OC)S(C)(=O)=O. The van der Waals surface area contributed by atoms with Crippen LogP contribution in [0, 0.1) is 10.1 Å². The van der Waals surface area contributed by atoms with Crippen molar-refractivity contribution in [1.82, 2.24) is 10.2 Å². The predicted molar refractivity (Wildman–Crippen MR) is 136 cm³/mol. The first-order valence-corrected chi connectivity index (χ1v) is 13.2. The number of rotatable bonds is 12. The van der Waals surface area contributed by atoms with E-state index in [1.165, 1.54) is 24.1 Å². The summed E-state index contributed by atoms with van der Waals surface area (Å²) in [5.74, 6) is -0.975. The first kappa shape index (κ1) is 28.6. The maximum absolute atomic E-state index is 13.7. The van der Waals surface area contributed by atoms with Crippen LogP contribution >= 0.6 is 0 Å². The molecule has 2 amide bonds. The number of ether oxygens (including phenoxy) is 1. The summed E-state index contributed by atoms with van der Waals surface area (Å²) < 4.78 is 31.5. The summed E-state index contributed by atoms with van der Waals surface area (Å²) in [6.45, 7) is 4.73. The highest BCUT2D eigenvalue weighted by atomic mass is 32.2. The number of nitro benzene ring substituents is 1. The number of nitro groups is 1. The fourth-order valence-corrected chi connectivity index (χ4v) is 4.51. The number of nitrogens with one attached hydrogen (secondary N) is 1. The molecule has 1 N–H and O–H groups in total. The van der Waals surface area contributed by atoms with Crippen molar-refractivity contribution in [3.63, 3.8) is 0 Å². The smallest absolute Gasteiger partial charge is 0.271 e. The molecule has 11 nitrogen and oxygen atoms in total. The van der Waals surface area contributed by atoms with Crippen LogP contribution in [0.15, 0.2) is 48.5 Å². The number of methoxy groups -OCH3 is 1. The van der Waals surface area contributed by atoms with Gasteiger partial charge in [0, 0.05) is 24.7 Å². The summed E-state index contributed by atoms with van der Waals surface area (Å²) in [6, 6.07) is 11.5. The monoisotopic (exact) mass is 520 g/mol. The lowest BCUT2D eigenvalue weighted by Gasteiger charge is -2.33. The average molecular weight is 521 g/mol. The first-order valence-electron chi connectivity index (χ1n) is 11.3. The van der Waals surface area contributed by atoms with Crippen LogP contribution in [0.25, 0.3) is 0 Å². The van der Waals surface area contributed by atoms with E-state index in [1.807, 2.05) is 6.07 Å². The molecule has 0 spiro atoms. The number of hydrogen-bond donors (Lipinski definition) is 1. The molecule has 0 radical (unpaired) electrons. The minimum absolute atomic E-state index is 0.0398. The van der Waals surface area contributed by atoms with Crippen molar-refractivity contribution in [2.45, 2.75) is 45.8 Å². The molecular weight excluding hydrogens is 488 g/mol. The van der Waals surface area contributed by atoms with Crippen LogP contribution in [0.3, 0.4) is 0 Å². The number of anilines is 1. The Bertz CT molecular complexity index is 1190. The molecule has 0 bridgehead atoms. The Hall–Kier alpha value is -3.67. The van der Waals surface area contributed by atoms with Crippen LogP contribution in [-0.4, -0.2) is 62.0 Å². The van der Waals surface area contributed by atoms with E-state index < -0.39 is 33.4 Å². The second-order valence-corrected chi connectivity index (χ2v) is 10.4. The summed E-state index contributed by atoms with van der Waals surface area (Å²) in [6.07, 6.45) is 1.18. The third-order valence-corrected chi connectivity index (χ3v) is 6.46. The van der Waals surface area contributed by atoms with Gasteiger partial charge in [0.1, 0.15) is 24.0 Å². The van der Waals surface area contributed by atoms with Gasteiger partial charge in [-0.2, -0.15) is 0 Å². The number of carbonyl (C=O) groups excluding carboxylic acids is 2. The molecule has 0 aliphatic rings. The average Bonchev–Trinajstić information content (AvgIpc) is 2.81. The second-order valence-electron chi connectivity index (χ2n) is 8.48. The molecule has 0 saturated carbocycles. The molecule has 0 unspecified atom stereocenters. The van der Waals surface area contributed by atoms with E-state index in [4.69, 9.17) is 4.74 Å². The van der Waals surface area contributed by atoms with Crippen LogP contribution in [-0.2, 0) is 26.2 Å². The number of amides is 2. The van der Waals surface area contributed by atoms with Gasteiger partial charge in [-0.15, -0.1) is 0 Å². The van der Waals surface area contributed by atoms with Gasteiger partial charge in [-0.3, -0.25) is 24.0 Å². The highest BCUT2D eigenvalue weighted by molar-refractivity contribution is 7.92. The predicted octanol–water partition coefficient (Wildman–Crippen LogP) is 2.70. The Morgan fingerprint density at radius 3 is 2.28 bits per heavy atom. The molecule has 2 aromatic rings. The Morgan fingerprint density at radius 2 is 1.78 bits per heavy atom. The summed E-state index contributed by atoms with van der Waals surface area (Å²) >= 11 is 0. The molecule has 2 rings (SSSR count). The third-order valence-electron chi connectivity index (χ3n) is 5.33. The number of benzene rings is 2. The maximum Gasteiger partial charge on any atom is 0.271 e. The fourth-order valence-electron chi connectivity index (χ4n) is 3.66. The standard InChI is InChI=1S/C24H32N4O7S/c1-6-20(24(30)25-17(2)3)26(15-18-10-8-7-9-11-18)23(29)16-27(36(5,33)34)21-14-19(28(31)32)12-13-22(21)35-4/h7-14,17,20H,6,15-16H2,1-5H3,(H,25,30)/t20-/m0/s1. The van der Waals surface area contributed by atoms with Crippen molar-refractivity contribution in [3.05, 3.63) is 64.2 Å². The highest BCUT2D eigenvalue weighted by Crippen LogP contribution is 2.34. The fraction of sp³-hybridized carbons (Fsp3) is 0.417. The number of nitrogens with zero attached hydrogens (tertiary/aromatic N) is 3. The van der Waals surface area contributed by atoms with Gasteiger partial charge in [-0.05, 0) is 31.9 Å². The van der Waals surface area contributed by atoms with E-state index >= 15 is 0 Å². The highest BCUT2D eigenvalue weighted by Gasteiger charge is 2.33. The molecule has 196 valence electrons. The molecule has 0 heterocycles. The molecule has 2 aromatic carbocycles. The van der Waals surface area contributed by atoms with Gasteiger partial charge in [-0.1, -0.05) is 37.3 Å². The van der Waals surface area contributed by atoms with Crippen LogP contribution in [0.4, 0.5) is 11.4 Å². The topological polar surface area (TPSA) is 139 Å². The van der Waals surface area contributed by atoms with Crippen LogP contribution in [0.1, 0.15) is 32.8 Å². The van der Waals surface area contributed by atoms with Crippen molar-refractivity contribution in [2.75, 3.05) is 24.2 Å². The van der Waals surface area contributed by atoms with Crippen molar-refractivity contribution < 1.29 is 27.7 Å². The van der Waals surface area contributed by atoms with E-state index in [0.717, 1.165) is 22.2 Å². The lowest BCUT2D eigenvalue weighted by Crippen LogP contribution is -2.53. The molecule has 0 aliphatic carbocycles. The van der Waals surface area contributed by atoms with Gasteiger partial charge >= 0.3 is 0 Å². The zero-order valence-corrected chi connectivity index (χ0v) is 21.8. The van der Waals surface area contributed by atoms with Crippen LogP contribution in [0.5, 0.6) is 5.75 Å². The van der Waals surface area contributed by atoms with Gasteiger partial charge < -0.3 is 15.0 Å². The summed E-state index contributed by atoms with van der Waals surface area (Å²) in [4.78, 5) is 38.6. The normalized spacial score (nSPS) is 12.1. The summed E-state index contributed by atoms with van der Waals surface area (Å²) in [7, 11) is -2.79. The van der Waals surface area contributed by atoms with Crippen molar-refractivity contribution >= 4 is 33.2 Å². The van der Waals surface area contributed by atoms with Crippen molar-refractivity contribution in [1.29, 1.82) is 0 Å². The largest absolute Gasteiger partial charge is 0.495 e. The van der Waals surface area contributed by atoms with Crippen LogP contribution in [0.2, 0.25) is 0 Å². The van der Waals surface area contributed by atoms with Crippen molar-refractivity contribution in [2.24, 2.45) is 0 Å². The van der Waals surface area contributed by atoms with Gasteiger partial charge in [0.25, 0.3) is 5.69 Å². The third kappa shape index (κ3) is 7.41. The molecule has 1 atom stereocenters. The molecule has 0 aromatic heterocycles. The van der Waals surface area contributed by atoms with E-state index in [2.05, 4.69) is 5.32 Å². The summed E-state index contributed by atoms with van der Waals surface area (Å²) in [5.41, 5.74) is 0.234. The van der Waals surface area contributed by atoms with E-state index in [9.17, 15) is 28.1 Å². The van der Waals surface area contributed by atoms with Gasteiger partial charge in [0.2, 0.25) is 21.8 Å². The quantitative estimate of drug-likeness (QED) is 0.335. The minimum Gasteiger partial charge on any atom is -0.495 e. The minimum atomic E-state index is -4.08. The van der Waals surface area contributed by atoms with E-state index in [1.54, 1.807) is 45.0 Å². The number of non-ortho nitro benzene ring substituents is 1. The zero-order chi connectivity index (χ0) is 27.0. The lowest BCUT2D eigenvalue weighted by atomic mass is 10.1. The molecule has 36 heavy (non-hydrogen) atoms. The Balaban J connectivity index is 2.54. The molecule has 12 heteroatoms. The zero-order valence-electron chi connectivity index (χ0n) is 21.0. The Morgan fingerprint density at radius 1 is 1.14 bits per heavy atom. The van der Waals surface area contributed by atoms with E-state index in [0.29, 0.717) is 0 Å². The maximum atomic E-state index is 13.7. The van der Waals surface area contributed by atoms with Crippen molar-refractivity contribution in [3.8, 4) is 5.75 Å². The second kappa shape index (κ2) is 12.3. The number of carbonyl (C=O) groups is 2. The molecule has 0 fully saturated rings. The first-order chi connectivity index (χ1) is 16.9. The number of sulfonamides is 1. The molecule has 0 aliphatic heterocycles. The van der Waals surface area contributed by atoms with Gasteiger partial charge in [-0.25, -0.2) is 8.42 Å². The number of hydrogen-bond acceptors (Lipinski definition) is 7. The van der Waals surface area contributed by atoms with E-state index in [-0.39, 0.29) is 42.0 Å². The summed E-state index contributed by atoms with van der Waals surface area (Å²) in [5, 5.41) is 14.1. The Kier molecular flexibility index (Phi) is 9.79. The van der Waals surface area contributed by atoms with Gasteiger partial charge in [0.05, 0.1) is 18.3 Å².